The fraction of sp³-hybridized carbons (Fsp3) is 0.105. The van der Waals surface area contributed by atoms with Crippen molar-refractivity contribution in [1.29, 1.82) is 0 Å². The lowest BCUT2D eigenvalue weighted by Crippen LogP contribution is -2.19. The fourth-order valence-corrected chi connectivity index (χ4v) is 2.89. The number of nitrogens with one attached hydrogen (secondary N) is 1. The van der Waals surface area contributed by atoms with Crippen LogP contribution in [0.1, 0.15) is 18.5 Å². The smallest absolute Gasteiger partial charge is 0.130 e. The van der Waals surface area contributed by atoms with E-state index in [-0.39, 0.29) is 6.04 Å². The van der Waals surface area contributed by atoms with Crippen LogP contribution in [0.15, 0.2) is 78.5 Å². The molecule has 1 aliphatic heterocycles. The van der Waals surface area contributed by atoms with Crippen LogP contribution in [-0.4, -0.2) is 9.78 Å². The molecule has 0 saturated carbocycles. The largest absolute Gasteiger partial charge is 0.344 e. The molecule has 1 aliphatic rings. The van der Waals surface area contributed by atoms with Crippen molar-refractivity contribution in [3.05, 3.63) is 84.1 Å². The van der Waals surface area contributed by atoms with Crippen LogP contribution < -0.4 is 5.32 Å². The zero-order valence-corrected chi connectivity index (χ0v) is 12.4. The van der Waals surface area contributed by atoms with Crippen molar-refractivity contribution in [3.63, 3.8) is 0 Å². The summed E-state index contributed by atoms with van der Waals surface area (Å²) in [6.45, 7) is 2.09. The predicted molar refractivity (Wildman–Crippen MR) is 89.6 cm³/mol. The third kappa shape index (κ3) is 2.21. The average molecular weight is 287 g/mol. The summed E-state index contributed by atoms with van der Waals surface area (Å²) < 4.78 is 2.06. The van der Waals surface area contributed by atoms with Gasteiger partial charge in [0.05, 0.1) is 11.7 Å². The normalized spacial score (nSPS) is 16.6. The van der Waals surface area contributed by atoms with Gasteiger partial charge in [0.2, 0.25) is 0 Å². The highest BCUT2D eigenvalue weighted by molar-refractivity contribution is 5.65. The van der Waals surface area contributed by atoms with Gasteiger partial charge in [-0.3, -0.25) is 0 Å². The Bertz CT molecular complexity index is 816. The minimum atomic E-state index is 0.134. The first-order valence-electron chi connectivity index (χ1n) is 7.46. The highest BCUT2D eigenvalue weighted by Gasteiger charge is 2.22. The van der Waals surface area contributed by atoms with E-state index in [1.165, 1.54) is 5.56 Å². The number of allylic oxidation sites excluding steroid dienone is 2. The Morgan fingerprint density at radius 2 is 1.64 bits per heavy atom. The van der Waals surface area contributed by atoms with Gasteiger partial charge in [0.1, 0.15) is 5.82 Å². The highest BCUT2D eigenvalue weighted by atomic mass is 15.4. The van der Waals surface area contributed by atoms with Crippen molar-refractivity contribution in [2.45, 2.75) is 13.0 Å². The maximum Gasteiger partial charge on any atom is 0.130 e. The minimum Gasteiger partial charge on any atom is -0.344 e. The Morgan fingerprint density at radius 1 is 0.955 bits per heavy atom. The number of fused-ring (bicyclic) bond motifs is 1. The van der Waals surface area contributed by atoms with Crippen LogP contribution >= 0.6 is 0 Å². The van der Waals surface area contributed by atoms with E-state index in [1.54, 1.807) is 0 Å². The van der Waals surface area contributed by atoms with Crippen molar-refractivity contribution >= 4 is 5.82 Å². The molecule has 3 heteroatoms. The predicted octanol–water partition coefficient (Wildman–Crippen LogP) is 4.47. The number of hydrogen-bond acceptors (Lipinski definition) is 2. The molecular formula is C19H17N3. The van der Waals surface area contributed by atoms with Gasteiger partial charge in [-0.15, -0.1) is 0 Å². The Labute approximate surface area is 129 Å². The molecule has 0 spiro atoms. The molecular weight excluding hydrogens is 270 g/mol. The second kappa shape index (κ2) is 5.19. The van der Waals surface area contributed by atoms with Gasteiger partial charge >= 0.3 is 0 Å². The molecule has 0 saturated heterocycles. The van der Waals surface area contributed by atoms with Gasteiger partial charge < -0.3 is 5.32 Å². The van der Waals surface area contributed by atoms with E-state index in [1.807, 2.05) is 24.3 Å². The third-order valence-corrected chi connectivity index (χ3v) is 3.94. The first-order valence-corrected chi connectivity index (χ1v) is 7.46. The summed E-state index contributed by atoms with van der Waals surface area (Å²) in [6, 6.07) is 23.0. The SMILES string of the molecule is CC1=CC(c2ccccc2)n2nc(-c3ccccc3)cc2N1. The maximum absolute atomic E-state index is 4.82. The second-order valence-corrected chi connectivity index (χ2v) is 5.56. The van der Waals surface area contributed by atoms with Crippen LogP contribution in [0, 0.1) is 0 Å². The Hall–Kier alpha value is -2.81. The van der Waals surface area contributed by atoms with Gasteiger partial charge in [0, 0.05) is 17.3 Å². The molecule has 0 bridgehead atoms. The topological polar surface area (TPSA) is 29.9 Å². The molecule has 108 valence electrons. The van der Waals surface area contributed by atoms with Crippen LogP contribution in [0.2, 0.25) is 0 Å². The van der Waals surface area contributed by atoms with Gasteiger partial charge in [0.25, 0.3) is 0 Å². The zero-order valence-electron chi connectivity index (χ0n) is 12.4. The van der Waals surface area contributed by atoms with Crippen LogP contribution in [-0.2, 0) is 0 Å². The third-order valence-electron chi connectivity index (χ3n) is 3.94. The van der Waals surface area contributed by atoms with E-state index in [0.29, 0.717) is 0 Å². The molecule has 1 unspecified atom stereocenters. The van der Waals surface area contributed by atoms with Crippen molar-refractivity contribution in [3.8, 4) is 11.3 Å². The molecule has 4 rings (SSSR count). The van der Waals surface area contributed by atoms with Gasteiger partial charge in [-0.05, 0) is 18.6 Å². The van der Waals surface area contributed by atoms with Crippen LogP contribution in [0.25, 0.3) is 11.3 Å². The lowest BCUT2D eigenvalue weighted by Gasteiger charge is -2.23. The van der Waals surface area contributed by atoms with Crippen molar-refractivity contribution < 1.29 is 0 Å². The summed E-state index contributed by atoms with van der Waals surface area (Å²) in [7, 11) is 0. The van der Waals surface area contributed by atoms with Crippen LogP contribution in [0.3, 0.4) is 0 Å². The highest BCUT2D eigenvalue weighted by Crippen LogP contribution is 2.32. The van der Waals surface area contributed by atoms with E-state index in [2.05, 4.69) is 65.5 Å². The number of hydrogen-bond donors (Lipinski definition) is 1. The maximum atomic E-state index is 4.82. The summed E-state index contributed by atoms with van der Waals surface area (Å²) in [6.07, 6.45) is 2.21. The quantitative estimate of drug-likeness (QED) is 0.753. The number of rotatable bonds is 2. The molecule has 0 aliphatic carbocycles. The van der Waals surface area contributed by atoms with Gasteiger partial charge in [-0.25, -0.2) is 4.68 Å². The fourth-order valence-electron chi connectivity index (χ4n) is 2.89. The summed E-state index contributed by atoms with van der Waals surface area (Å²) in [5.74, 6) is 1.03. The summed E-state index contributed by atoms with van der Waals surface area (Å²) in [4.78, 5) is 0. The minimum absolute atomic E-state index is 0.134. The van der Waals surface area contributed by atoms with Crippen molar-refractivity contribution in [1.82, 2.24) is 9.78 Å². The van der Waals surface area contributed by atoms with E-state index >= 15 is 0 Å². The lowest BCUT2D eigenvalue weighted by molar-refractivity contribution is 0.607. The summed E-state index contributed by atoms with van der Waals surface area (Å²) >= 11 is 0. The lowest BCUT2D eigenvalue weighted by atomic mass is 10.0. The van der Waals surface area contributed by atoms with E-state index in [4.69, 9.17) is 5.10 Å². The molecule has 1 N–H and O–H groups in total. The van der Waals surface area contributed by atoms with E-state index in [0.717, 1.165) is 22.8 Å². The summed E-state index contributed by atoms with van der Waals surface area (Å²) in [5.41, 5.74) is 4.52. The van der Waals surface area contributed by atoms with Gasteiger partial charge in [-0.2, -0.15) is 5.10 Å². The molecule has 2 heterocycles. The average Bonchev–Trinajstić information content (AvgIpc) is 2.99. The number of anilines is 1. The molecule has 2 aromatic carbocycles. The molecule has 1 atom stereocenters. The monoisotopic (exact) mass is 287 g/mol. The Kier molecular flexibility index (Phi) is 3.04. The molecule has 0 amide bonds. The zero-order chi connectivity index (χ0) is 14.9. The van der Waals surface area contributed by atoms with Gasteiger partial charge in [-0.1, -0.05) is 60.7 Å². The molecule has 0 fully saturated rings. The molecule has 1 aromatic heterocycles. The first-order chi connectivity index (χ1) is 10.8. The number of aromatic nitrogens is 2. The van der Waals surface area contributed by atoms with Crippen molar-refractivity contribution in [2.24, 2.45) is 0 Å². The Morgan fingerprint density at radius 3 is 2.36 bits per heavy atom. The first kappa shape index (κ1) is 12.9. The Balaban J connectivity index is 1.81. The number of nitrogens with zero attached hydrogens (tertiary/aromatic N) is 2. The van der Waals surface area contributed by atoms with E-state index in [9.17, 15) is 0 Å². The number of benzene rings is 2. The molecule has 0 radical (unpaired) electrons. The molecule has 3 aromatic rings. The van der Waals surface area contributed by atoms with Crippen LogP contribution in [0.4, 0.5) is 5.82 Å². The van der Waals surface area contributed by atoms with Crippen LogP contribution in [0.5, 0.6) is 0 Å². The van der Waals surface area contributed by atoms with Gasteiger partial charge in [0.15, 0.2) is 0 Å². The standard InChI is InChI=1S/C19H17N3/c1-14-12-18(16-10-6-3-7-11-16)22-19(20-14)13-17(21-22)15-8-4-2-5-9-15/h2-13,18,20H,1H3. The van der Waals surface area contributed by atoms with Crippen molar-refractivity contribution in [2.75, 3.05) is 5.32 Å². The molecule has 22 heavy (non-hydrogen) atoms. The second-order valence-electron chi connectivity index (χ2n) is 5.56. The van der Waals surface area contributed by atoms with E-state index < -0.39 is 0 Å². The summed E-state index contributed by atoms with van der Waals surface area (Å²) in [5, 5.41) is 8.23. The molecule has 3 nitrogen and oxygen atoms in total.